The van der Waals surface area contributed by atoms with Gasteiger partial charge in [-0.3, -0.25) is 4.79 Å². The Morgan fingerprint density at radius 2 is 2.11 bits per heavy atom. The molecule has 0 atom stereocenters. The Hall–Kier alpha value is -2.23. The number of aryl methyl sites for hydroxylation is 2. The van der Waals surface area contributed by atoms with E-state index in [2.05, 4.69) is 10.2 Å². The van der Waals surface area contributed by atoms with Crippen molar-refractivity contribution in [3.05, 3.63) is 52.8 Å². The number of aromatic nitrogens is 2. The predicted molar refractivity (Wildman–Crippen MR) is 72.5 cm³/mol. The highest BCUT2D eigenvalue weighted by Gasteiger charge is 2.16. The van der Waals surface area contributed by atoms with Crippen molar-refractivity contribution in [3.63, 3.8) is 0 Å². The number of ether oxygens (including phenoxy) is 1. The summed E-state index contributed by atoms with van der Waals surface area (Å²) in [6.45, 7) is 3.90. The zero-order valence-electron chi connectivity index (χ0n) is 11.3. The minimum Gasteiger partial charge on any atom is -0.496 e. The second-order valence-corrected chi connectivity index (χ2v) is 4.48. The number of benzene rings is 1. The van der Waals surface area contributed by atoms with Gasteiger partial charge in [0, 0.05) is 6.20 Å². The van der Waals surface area contributed by atoms with E-state index in [9.17, 15) is 4.79 Å². The van der Waals surface area contributed by atoms with Crippen molar-refractivity contribution in [2.45, 2.75) is 20.3 Å². The molecule has 0 aliphatic rings. The van der Waals surface area contributed by atoms with Crippen LogP contribution in [0.25, 0.3) is 0 Å². The number of rotatable bonds is 4. The number of hydrogen-bond donors (Lipinski definition) is 0. The number of ketones is 1. The van der Waals surface area contributed by atoms with Crippen LogP contribution in [-0.4, -0.2) is 23.1 Å². The molecule has 2 rings (SSSR count). The molecule has 0 amide bonds. The molecule has 4 nitrogen and oxygen atoms in total. The molecule has 1 aromatic heterocycles. The van der Waals surface area contributed by atoms with E-state index in [0.717, 1.165) is 11.1 Å². The van der Waals surface area contributed by atoms with E-state index in [4.69, 9.17) is 4.74 Å². The predicted octanol–water partition coefficient (Wildman–Crippen LogP) is 2.53. The van der Waals surface area contributed by atoms with Crippen molar-refractivity contribution in [2.75, 3.05) is 7.11 Å². The average molecular weight is 256 g/mol. The average Bonchev–Trinajstić information content (AvgIpc) is 2.39. The monoisotopic (exact) mass is 256 g/mol. The maximum absolute atomic E-state index is 12.4. The summed E-state index contributed by atoms with van der Waals surface area (Å²) in [5.74, 6) is 0.628. The molecule has 0 bridgehead atoms. The van der Waals surface area contributed by atoms with E-state index in [1.54, 1.807) is 25.4 Å². The largest absolute Gasteiger partial charge is 0.496 e. The van der Waals surface area contributed by atoms with Crippen LogP contribution in [0.1, 0.15) is 27.2 Å². The SMILES string of the molecule is COc1c(C)cc(C)cc1C(=O)Cc1cccnn1. The standard InChI is InChI=1S/C15H16N2O2/c1-10-7-11(2)15(19-3)13(8-10)14(18)9-12-5-4-6-16-17-12/h4-8H,9H2,1-3H3. The first-order valence-corrected chi connectivity index (χ1v) is 6.07. The molecule has 98 valence electrons. The van der Waals surface area contributed by atoms with Gasteiger partial charge in [0.1, 0.15) is 5.75 Å². The van der Waals surface area contributed by atoms with Crippen LogP contribution in [0.2, 0.25) is 0 Å². The third-order valence-corrected chi connectivity index (χ3v) is 2.89. The molecule has 1 heterocycles. The fourth-order valence-corrected chi connectivity index (χ4v) is 2.12. The van der Waals surface area contributed by atoms with Gasteiger partial charge in [0.25, 0.3) is 0 Å². The summed E-state index contributed by atoms with van der Waals surface area (Å²) < 4.78 is 5.33. The number of carbonyl (C=O) groups is 1. The Kier molecular flexibility index (Phi) is 3.90. The molecule has 0 aliphatic carbocycles. The second kappa shape index (κ2) is 5.61. The van der Waals surface area contributed by atoms with E-state index in [-0.39, 0.29) is 12.2 Å². The lowest BCUT2D eigenvalue weighted by Crippen LogP contribution is -2.08. The normalized spacial score (nSPS) is 10.3. The fraction of sp³-hybridized carbons (Fsp3) is 0.267. The van der Waals surface area contributed by atoms with Crippen LogP contribution in [0.3, 0.4) is 0 Å². The molecule has 0 fully saturated rings. The molecule has 0 N–H and O–H groups in total. The molecule has 2 aromatic rings. The van der Waals surface area contributed by atoms with Crippen LogP contribution in [0.5, 0.6) is 5.75 Å². The third-order valence-electron chi connectivity index (χ3n) is 2.89. The summed E-state index contributed by atoms with van der Waals surface area (Å²) >= 11 is 0. The molecule has 19 heavy (non-hydrogen) atoms. The molecule has 0 spiro atoms. The van der Waals surface area contributed by atoms with Crippen molar-refractivity contribution in [2.24, 2.45) is 0 Å². The fourth-order valence-electron chi connectivity index (χ4n) is 2.12. The van der Waals surface area contributed by atoms with Crippen molar-refractivity contribution >= 4 is 5.78 Å². The van der Waals surface area contributed by atoms with Crippen molar-refractivity contribution in [1.82, 2.24) is 10.2 Å². The molecule has 0 unspecified atom stereocenters. The summed E-state index contributed by atoms with van der Waals surface area (Å²) in [6.07, 6.45) is 1.82. The zero-order chi connectivity index (χ0) is 13.8. The Labute approximate surface area is 112 Å². The first-order chi connectivity index (χ1) is 9.11. The summed E-state index contributed by atoms with van der Waals surface area (Å²) in [6, 6.07) is 7.41. The van der Waals surface area contributed by atoms with Gasteiger partial charge < -0.3 is 4.74 Å². The van der Waals surface area contributed by atoms with Crippen LogP contribution in [0.15, 0.2) is 30.5 Å². The first-order valence-electron chi connectivity index (χ1n) is 6.07. The van der Waals surface area contributed by atoms with Crippen LogP contribution < -0.4 is 4.74 Å². The maximum Gasteiger partial charge on any atom is 0.172 e. The molecule has 0 radical (unpaired) electrons. The van der Waals surface area contributed by atoms with E-state index in [1.165, 1.54) is 0 Å². The van der Waals surface area contributed by atoms with Gasteiger partial charge in [-0.25, -0.2) is 0 Å². The van der Waals surface area contributed by atoms with E-state index in [1.807, 2.05) is 26.0 Å². The smallest absolute Gasteiger partial charge is 0.172 e. The van der Waals surface area contributed by atoms with Gasteiger partial charge in [0.2, 0.25) is 0 Å². The van der Waals surface area contributed by atoms with Gasteiger partial charge in [-0.2, -0.15) is 10.2 Å². The Bertz CT molecular complexity index is 595. The molecule has 0 saturated carbocycles. The summed E-state index contributed by atoms with van der Waals surface area (Å²) in [4.78, 5) is 12.4. The highest BCUT2D eigenvalue weighted by molar-refractivity contribution is 6.00. The van der Waals surface area contributed by atoms with Crippen LogP contribution in [0, 0.1) is 13.8 Å². The Balaban J connectivity index is 2.33. The van der Waals surface area contributed by atoms with Crippen molar-refractivity contribution in [3.8, 4) is 5.75 Å². The van der Waals surface area contributed by atoms with E-state index >= 15 is 0 Å². The van der Waals surface area contributed by atoms with Crippen molar-refractivity contribution < 1.29 is 9.53 Å². The lowest BCUT2D eigenvalue weighted by atomic mass is 10.00. The van der Waals surface area contributed by atoms with Crippen LogP contribution in [-0.2, 0) is 6.42 Å². The van der Waals surface area contributed by atoms with E-state index in [0.29, 0.717) is 17.0 Å². The molecule has 0 aliphatic heterocycles. The quantitative estimate of drug-likeness (QED) is 0.789. The number of carbonyl (C=O) groups excluding carboxylic acids is 1. The van der Waals surface area contributed by atoms with Gasteiger partial charge in [0.15, 0.2) is 5.78 Å². The van der Waals surface area contributed by atoms with Crippen LogP contribution in [0.4, 0.5) is 0 Å². The Morgan fingerprint density at radius 3 is 2.74 bits per heavy atom. The highest BCUT2D eigenvalue weighted by atomic mass is 16.5. The Morgan fingerprint density at radius 1 is 1.32 bits per heavy atom. The minimum absolute atomic E-state index is 0.0100. The molecule has 4 heteroatoms. The first kappa shape index (κ1) is 13.2. The zero-order valence-corrected chi connectivity index (χ0v) is 11.3. The van der Waals surface area contributed by atoms with Gasteiger partial charge in [0.05, 0.1) is 24.8 Å². The molecular weight excluding hydrogens is 240 g/mol. The highest BCUT2D eigenvalue weighted by Crippen LogP contribution is 2.26. The number of Topliss-reactive ketones (excluding diaryl/α,β-unsaturated/α-hetero) is 1. The van der Waals surface area contributed by atoms with Gasteiger partial charge in [-0.05, 0) is 43.2 Å². The topological polar surface area (TPSA) is 52.1 Å². The summed E-state index contributed by atoms with van der Waals surface area (Å²) in [7, 11) is 1.58. The third kappa shape index (κ3) is 2.96. The number of methoxy groups -OCH3 is 1. The second-order valence-electron chi connectivity index (χ2n) is 4.48. The number of hydrogen-bond acceptors (Lipinski definition) is 4. The van der Waals surface area contributed by atoms with Crippen LogP contribution >= 0.6 is 0 Å². The maximum atomic E-state index is 12.4. The lowest BCUT2D eigenvalue weighted by Gasteiger charge is -2.11. The van der Waals surface area contributed by atoms with Gasteiger partial charge >= 0.3 is 0 Å². The van der Waals surface area contributed by atoms with Gasteiger partial charge in [-0.15, -0.1) is 0 Å². The van der Waals surface area contributed by atoms with Crippen molar-refractivity contribution in [1.29, 1.82) is 0 Å². The molecular formula is C15H16N2O2. The summed E-state index contributed by atoms with van der Waals surface area (Å²) in [5.41, 5.74) is 3.27. The molecule has 1 aromatic carbocycles. The minimum atomic E-state index is -0.0100. The number of nitrogens with zero attached hydrogens (tertiary/aromatic N) is 2. The summed E-state index contributed by atoms with van der Waals surface area (Å²) in [5, 5.41) is 7.71. The lowest BCUT2D eigenvalue weighted by molar-refractivity contribution is 0.0988. The van der Waals surface area contributed by atoms with Gasteiger partial charge in [-0.1, -0.05) is 6.07 Å². The molecule has 0 saturated heterocycles. The van der Waals surface area contributed by atoms with E-state index < -0.39 is 0 Å².